The van der Waals surface area contributed by atoms with Crippen LogP contribution in [0.5, 0.6) is 5.75 Å². The molecule has 4 fully saturated rings. The Bertz CT molecular complexity index is 1520. The molecule has 0 radical (unpaired) electrons. The summed E-state index contributed by atoms with van der Waals surface area (Å²) in [5, 5.41) is 16.6. The predicted molar refractivity (Wildman–Crippen MR) is 143 cm³/mol. The number of nitrogens with two attached hydrogens (primary N) is 1. The summed E-state index contributed by atoms with van der Waals surface area (Å²) in [6.45, 7) is 6.98. The molecule has 0 amide bonds. The first-order valence-electron chi connectivity index (χ1n) is 12.9. The average Bonchev–Trinajstić information content (AvgIpc) is 3.55. The van der Waals surface area contributed by atoms with Crippen molar-refractivity contribution in [3.63, 3.8) is 0 Å². The number of H-pyrrole nitrogens is 1. The van der Waals surface area contributed by atoms with Crippen molar-refractivity contribution in [2.24, 2.45) is 17.3 Å². The number of anilines is 1. The molecule has 3 N–H and O–H groups in total. The zero-order valence-electron chi connectivity index (χ0n) is 21.5. The molecule has 3 aliphatic carbocycles. The van der Waals surface area contributed by atoms with Crippen LogP contribution in [0.3, 0.4) is 0 Å². The summed E-state index contributed by atoms with van der Waals surface area (Å²) in [7, 11) is 1.17. The number of nitrogens with zero attached hydrogens (tertiary/aromatic N) is 3. The number of benzene rings is 2. The zero-order chi connectivity index (χ0) is 25.5. The van der Waals surface area contributed by atoms with Gasteiger partial charge in [-0.05, 0) is 72.4 Å². The Morgan fingerprint density at radius 1 is 1.11 bits per heavy atom. The Balaban J connectivity index is 1.36. The highest BCUT2D eigenvalue weighted by Crippen LogP contribution is 2.65. The molecular formula is C28H30BN5O3. The summed E-state index contributed by atoms with van der Waals surface area (Å²) in [4.78, 5) is 0. The molecule has 9 heteroatoms. The average molecular weight is 495 g/mol. The van der Waals surface area contributed by atoms with E-state index < -0.39 is 7.12 Å². The minimum Gasteiger partial charge on any atom is -0.497 e. The lowest BCUT2D eigenvalue weighted by Gasteiger charge is -2.64. The molecule has 0 unspecified atom stereocenters. The molecule has 4 atom stereocenters. The lowest BCUT2D eigenvalue weighted by molar-refractivity contribution is -0.199. The molecule has 4 aliphatic rings. The van der Waals surface area contributed by atoms with Crippen LogP contribution in [-0.4, -0.2) is 46.3 Å². The third-order valence-corrected chi connectivity index (χ3v) is 9.33. The van der Waals surface area contributed by atoms with Crippen molar-refractivity contribution in [3.8, 4) is 28.1 Å². The van der Waals surface area contributed by atoms with Gasteiger partial charge in [0.15, 0.2) is 0 Å². The Kier molecular flexibility index (Phi) is 4.79. The highest BCUT2D eigenvalue weighted by Gasteiger charge is 2.68. The maximum atomic E-state index is 6.81. The molecule has 2 aromatic carbocycles. The predicted octanol–water partition coefficient (Wildman–Crippen LogP) is 4.21. The first-order chi connectivity index (χ1) is 17.8. The van der Waals surface area contributed by atoms with E-state index in [2.05, 4.69) is 53.3 Å². The van der Waals surface area contributed by atoms with E-state index in [9.17, 15) is 0 Å². The minimum atomic E-state index is -0.511. The molecule has 1 aliphatic heterocycles. The summed E-state index contributed by atoms with van der Waals surface area (Å²) in [5.41, 5.74) is 12.0. The minimum absolute atomic E-state index is 0.0763. The number of fused-ring (bicyclic) bond motifs is 1. The van der Waals surface area contributed by atoms with E-state index in [1.807, 2.05) is 30.5 Å². The lowest BCUT2D eigenvalue weighted by Crippen LogP contribution is -2.65. The third-order valence-electron chi connectivity index (χ3n) is 9.33. The molecule has 2 bridgehead atoms. The van der Waals surface area contributed by atoms with Crippen molar-refractivity contribution in [1.29, 1.82) is 0 Å². The number of ether oxygens (including phenoxy) is 1. The number of aromatic amines is 1. The second kappa shape index (κ2) is 7.79. The van der Waals surface area contributed by atoms with Gasteiger partial charge >= 0.3 is 7.12 Å². The van der Waals surface area contributed by atoms with Gasteiger partial charge in [0.05, 0.1) is 41.9 Å². The first kappa shape index (κ1) is 22.7. The fourth-order valence-electron chi connectivity index (χ4n) is 7.07. The number of methoxy groups -OCH3 is 1. The van der Waals surface area contributed by atoms with Gasteiger partial charge in [0.2, 0.25) is 0 Å². The van der Waals surface area contributed by atoms with Gasteiger partial charge in [0, 0.05) is 22.6 Å². The molecule has 0 spiro atoms. The van der Waals surface area contributed by atoms with Crippen LogP contribution in [0, 0.1) is 17.3 Å². The Labute approximate surface area is 216 Å². The third kappa shape index (κ3) is 3.20. The fraction of sp³-hybridized carbons (Fsp3) is 0.393. The quantitative estimate of drug-likeness (QED) is 0.409. The maximum Gasteiger partial charge on any atom is 0.498 e. The lowest BCUT2D eigenvalue weighted by atomic mass is 9.43. The van der Waals surface area contributed by atoms with Crippen molar-refractivity contribution in [1.82, 2.24) is 20.4 Å². The first-order valence-corrected chi connectivity index (χ1v) is 12.9. The van der Waals surface area contributed by atoms with Crippen molar-refractivity contribution in [2.45, 2.75) is 45.3 Å². The second-order valence-electron chi connectivity index (χ2n) is 11.4. The largest absolute Gasteiger partial charge is 0.498 e. The number of hydrogen-bond acceptors (Lipinski definition) is 7. The van der Waals surface area contributed by atoms with Crippen LogP contribution in [0.1, 0.15) is 33.6 Å². The van der Waals surface area contributed by atoms with E-state index in [1.54, 1.807) is 13.3 Å². The van der Waals surface area contributed by atoms with Crippen LogP contribution in [0.15, 0.2) is 48.8 Å². The highest BCUT2D eigenvalue weighted by atomic mass is 16.7. The molecule has 8 nitrogen and oxygen atoms in total. The van der Waals surface area contributed by atoms with Crippen LogP contribution in [-0.2, 0) is 9.31 Å². The van der Waals surface area contributed by atoms with Crippen LogP contribution >= 0.6 is 0 Å². The van der Waals surface area contributed by atoms with Gasteiger partial charge in [-0.2, -0.15) is 15.3 Å². The number of nitrogen functional groups attached to an aromatic ring is 1. The number of nitrogens with one attached hydrogen (secondary N) is 1. The summed E-state index contributed by atoms with van der Waals surface area (Å²) in [6, 6.07) is 12.1. The van der Waals surface area contributed by atoms with E-state index in [-0.39, 0.29) is 17.1 Å². The number of hydrogen-bond donors (Lipinski definition) is 2. The summed E-state index contributed by atoms with van der Waals surface area (Å²) in [6.07, 6.45) is 5.70. The van der Waals surface area contributed by atoms with Gasteiger partial charge < -0.3 is 19.8 Å². The zero-order valence-corrected chi connectivity index (χ0v) is 21.5. The molecule has 3 heterocycles. The van der Waals surface area contributed by atoms with Gasteiger partial charge in [-0.1, -0.05) is 26.0 Å². The van der Waals surface area contributed by atoms with E-state index >= 15 is 0 Å². The van der Waals surface area contributed by atoms with E-state index in [0.29, 0.717) is 23.3 Å². The summed E-state index contributed by atoms with van der Waals surface area (Å²) in [5.74, 6) is 1.88. The normalized spacial score (nSPS) is 27.7. The van der Waals surface area contributed by atoms with Crippen molar-refractivity contribution < 1.29 is 14.0 Å². The number of aromatic nitrogens is 4. The smallest absolute Gasteiger partial charge is 0.497 e. The van der Waals surface area contributed by atoms with Crippen molar-refractivity contribution in [2.75, 3.05) is 12.8 Å². The highest BCUT2D eigenvalue weighted by molar-refractivity contribution is 6.63. The standard InChI is InChI=1S/C28H30BN5O3/c1-27(2)16-10-25(27)28(3)26(11-16)36-29(37-28)20-12-18(19(13-24(20)35-4)22-7-8-31-33-22)15-5-6-17-21(30)14-32-34-23(17)9-15/h5-9,12-14,16,25-26H,10-11H2,1-4H3,(H2,30,34)(H,31,33)/t16-,25-,26+,28-/m0/s1. The monoisotopic (exact) mass is 495 g/mol. The van der Waals surface area contributed by atoms with Crippen molar-refractivity contribution in [3.05, 3.63) is 48.8 Å². The van der Waals surface area contributed by atoms with Crippen molar-refractivity contribution >= 4 is 29.2 Å². The Hall–Kier alpha value is -3.43. The molecule has 8 rings (SSSR count). The van der Waals surface area contributed by atoms with Crippen LogP contribution in [0.25, 0.3) is 33.3 Å². The summed E-state index contributed by atoms with van der Waals surface area (Å²) >= 11 is 0. The van der Waals surface area contributed by atoms with Crippen LogP contribution < -0.4 is 15.9 Å². The fourth-order valence-corrected chi connectivity index (χ4v) is 7.07. The molecule has 188 valence electrons. The molecule has 37 heavy (non-hydrogen) atoms. The van der Waals surface area contributed by atoms with E-state index in [1.165, 1.54) is 6.42 Å². The van der Waals surface area contributed by atoms with Crippen LogP contribution in [0.2, 0.25) is 0 Å². The number of rotatable bonds is 4. The maximum absolute atomic E-state index is 6.81. The van der Waals surface area contributed by atoms with Gasteiger partial charge in [0.25, 0.3) is 0 Å². The van der Waals surface area contributed by atoms with E-state index in [0.717, 1.165) is 45.2 Å². The molecule has 2 aromatic heterocycles. The SMILES string of the molecule is COc1cc(-c2cc[nH]n2)c(-c2ccc3c(N)cnnc3c2)cc1B1O[C@@H]2C[C@@H]3C[C@@H](C3(C)C)[C@]2(C)O1. The van der Waals surface area contributed by atoms with Crippen LogP contribution in [0.4, 0.5) is 5.69 Å². The Morgan fingerprint density at radius 2 is 1.97 bits per heavy atom. The molecule has 4 aromatic rings. The molecule has 1 saturated heterocycles. The summed E-state index contributed by atoms with van der Waals surface area (Å²) < 4.78 is 19.3. The van der Waals surface area contributed by atoms with Gasteiger partial charge in [0.1, 0.15) is 5.75 Å². The Morgan fingerprint density at radius 3 is 2.73 bits per heavy atom. The molecular weight excluding hydrogens is 465 g/mol. The van der Waals surface area contributed by atoms with E-state index in [4.69, 9.17) is 19.8 Å². The second-order valence-corrected chi connectivity index (χ2v) is 11.4. The van der Waals surface area contributed by atoms with Gasteiger partial charge in [-0.25, -0.2) is 0 Å². The van der Waals surface area contributed by atoms with Gasteiger partial charge in [-0.3, -0.25) is 5.10 Å². The molecule has 3 saturated carbocycles. The topological polar surface area (TPSA) is 108 Å². The van der Waals surface area contributed by atoms with Gasteiger partial charge in [-0.15, -0.1) is 0 Å².